The molecule has 102 valence electrons. The van der Waals surface area contributed by atoms with E-state index in [1.165, 1.54) is 23.5 Å². The topological polar surface area (TPSA) is 89.3 Å². The predicted octanol–water partition coefficient (Wildman–Crippen LogP) is 2.78. The van der Waals surface area contributed by atoms with Crippen LogP contribution < -0.4 is 10.5 Å². The van der Waals surface area contributed by atoms with Crippen molar-refractivity contribution in [2.45, 2.75) is 11.8 Å². The van der Waals surface area contributed by atoms with E-state index < -0.39 is 15.9 Å². The summed E-state index contributed by atoms with van der Waals surface area (Å²) in [5.74, 6) is -0.665. The standard InChI is InChI=1S/C10H9BrN2O3S3/c1-5-7(4-8(11)18-5)19(15,16)13-10-6(9(12)14)2-3-17-10/h2-4,13H,1H3,(H2,12,14). The van der Waals surface area contributed by atoms with Crippen molar-refractivity contribution < 1.29 is 13.2 Å². The first-order valence-corrected chi connectivity index (χ1v) is 8.94. The maximum absolute atomic E-state index is 12.2. The summed E-state index contributed by atoms with van der Waals surface area (Å²) in [6.07, 6.45) is 0. The second kappa shape index (κ2) is 5.23. The largest absolute Gasteiger partial charge is 0.366 e. The van der Waals surface area contributed by atoms with Crippen molar-refractivity contribution >= 4 is 59.5 Å². The van der Waals surface area contributed by atoms with Crippen molar-refractivity contribution in [2.75, 3.05) is 4.72 Å². The van der Waals surface area contributed by atoms with E-state index in [-0.39, 0.29) is 15.5 Å². The highest BCUT2D eigenvalue weighted by Gasteiger charge is 2.22. The third-order valence-corrected chi connectivity index (χ3v) is 6.41. The Hall–Kier alpha value is -0.900. The van der Waals surface area contributed by atoms with Crippen molar-refractivity contribution in [1.29, 1.82) is 0 Å². The van der Waals surface area contributed by atoms with Crippen LogP contribution in [0.5, 0.6) is 0 Å². The number of halogens is 1. The molecule has 1 amide bonds. The number of carbonyl (C=O) groups is 1. The molecule has 3 N–H and O–H groups in total. The van der Waals surface area contributed by atoms with Gasteiger partial charge in [0.25, 0.3) is 15.9 Å². The van der Waals surface area contributed by atoms with Gasteiger partial charge in [-0.05, 0) is 40.4 Å². The summed E-state index contributed by atoms with van der Waals surface area (Å²) in [4.78, 5) is 12.0. The number of carbonyl (C=O) groups excluding carboxylic acids is 1. The summed E-state index contributed by atoms with van der Waals surface area (Å²) in [7, 11) is -3.72. The Morgan fingerprint density at radius 1 is 1.47 bits per heavy atom. The van der Waals surface area contributed by atoms with Gasteiger partial charge in [0.15, 0.2) is 0 Å². The molecule has 5 nitrogen and oxygen atoms in total. The van der Waals surface area contributed by atoms with Gasteiger partial charge >= 0.3 is 0 Å². The van der Waals surface area contributed by atoms with Crippen molar-refractivity contribution in [3.63, 3.8) is 0 Å². The molecule has 0 aliphatic rings. The first-order valence-electron chi connectivity index (χ1n) is 4.97. The highest BCUT2D eigenvalue weighted by molar-refractivity contribution is 9.11. The van der Waals surface area contributed by atoms with Gasteiger partial charge in [-0.1, -0.05) is 0 Å². The SMILES string of the molecule is Cc1sc(Br)cc1S(=O)(=O)Nc1sccc1C(N)=O. The fourth-order valence-electron chi connectivity index (χ4n) is 1.46. The molecule has 0 fully saturated rings. The van der Waals surface area contributed by atoms with Crippen molar-refractivity contribution in [3.05, 3.63) is 31.7 Å². The lowest BCUT2D eigenvalue weighted by atomic mass is 10.3. The van der Waals surface area contributed by atoms with Gasteiger partial charge < -0.3 is 5.73 Å². The van der Waals surface area contributed by atoms with Gasteiger partial charge in [0.05, 0.1) is 9.35 Å². The first kappa shape index (κ1) is 14.5. The van der Waals surface area contributed by atoms with E-state index in [2.05, 4.69) is 20.7 Å². The Labute approximate surface area is 126 Å². The quantitative estimate of drug-likeness (QED) is 0.854. The van der Waals surface area contributed by atoms with Gasteiger partial charge in [-0.15, -0.1) is 22.7 Å². The molecule has 0 radical (unpaired) electrons. The van der Waals surface area contributed by atoms with Crippen LogP contribution in [0.25, 0.3) is 0 Å². The van der Waals surface area contributed by atoms with E-state index in [0.717, 1.165) is 15.1 Å². The van der Waals surface area contributed by atoms with Crippen molar-refractivity contribution in [3.8, 4) is 0 Å². The lowest BCUT2D eigenvalue weighted by molar-refractivity contribution is 0.100. The van der Waals surface area contributed by atoms with E-state index in [4.69, 9.17) is 5.73 Å². The molecule has 9 heteroatoms. The minimum absolute atomic E-state index is 0.167. The number of sulfonamides is 1. The molecule has 0 aromatic carbocycles. The number of amides is 1. The molecule has 0 bridgehead atoms. The molecule has 0 saturated carbocycles. The third-order valence-electron chi connectivity index (χ3n) is 2.29. The van der Waals surface area contributed by atoms with Gasteiger partial charge in [-0.2, -0.15) is 0 Å². The molecule has 0 aliphatic carbocycles. The number of nitrogens with two attached hydrogens (primary N) is 1. The molecule has 2 aromatic rings. The van der Waals surface area contributed by atoms with E-state index >= 15 is 0 Å². The summed E-state index contributed by atoms with van der Waals surface area (Å²) in [5, 5.41) is 1.84. The van der Waals surface area contributed by atoms with Gasteiger partial charge in [0.1, 0.15) is 9.90 Å². The molecule has 2 rings (SSSR count). The Kier molecular flexibility index (Phi) is 4.00. The number of aryl methyl sites for hydroxylation is 1. The number of hydrogen-bond acceptors (Lipinski definition) is 5. The Balaban J connectivity index is 2.39. The maximum atomic E-state index is 12.2. The maximum Gasteiger partial charge on any atom is 0.263 e. The fourth-order valence-corrected chi connectivity index (χ4v) is 6.00. The zero-order chi connectivity index (χ0) is 14.2. The van der Waals surface area contributed by atoms with Crippen molar-refractivity contribution in [2.24, 2.45) is 5.73 Å². The van der Waals surface area contributed by atoms with Gasteiger partial charge in [-0.25, -0.2) is 8.42 Å². The molecule has 0 saturated heterocycles. The van der Waals surface area contributed by atoms with Crippen LogP contribution >= 0.6 is 38.6 Å². The van der Waals surface area contributed by atoms with E-state index in [9.17, 15) is 13.2 Å². The normalized spacial score (nSPS) is 11.5. The van der Waals surface area contributed by atoms with Crippen LogP contribution in [0.1, 0.15) is 15.2 Å². The van der Waals surface area contributed by atoms with Crippen LogP contribution in [-0.2, 0) is 10.0 Å². The first-order chi connectivity index (χ1) is 8.81. The smallest absolute Gasteiger partial charge is 0.263 e. The molecule has 0 atom stereocenters. The zero-order valence-corrected chi connectivity index (χ0v) is 13.7. The Morgan fingerprint density at radius 2 is 2.16 bits per heavy atom. The van der Waals surface area contributed by atoms with Crippen molar-refractivity contribution in [1.82, 2.24) is 0 Å². The molecular weight excluding hydrogens is 372 g/mol. The van der Waals surface area contributed by atoms with Crippen LogP contribution in [0.3, 0.4) is 0 Å². The minimum Gasteiger partial charge on any atom is -0.366 e. The summed E-state index contributed by atoms with van der Waals surface area (Å²) in [6.45, 7) is 1.72. The Bertz CT molecular complexity index is 733. The average Bonchev–Trinajstić information content (AvgIpc) is 2.84. The number of thiophene rings is 2. The number of primary amides is 1. The number of anilines is 1. The van der Waals surface area contributed by atoms with Crippen LogP contribution in [0.4, 0.5) is 5.00 Å². The van der Waals surface area contributed by atoms with Gasteiger partial charge in [0.2, 0.25) is 0 Å². The van der Waals surface area contributed by atoms with Crippen LogP contribution in [0, 0.1) is 6.92 Å². The molecular formula is C10H9BrN2O3S3. The third kappa shape index (κ3) is 2.99. The summed E-state index contributed by atoms with van der Waals surface area (Å²) in [6, 6.07) is 3.02. The molecule has 0 aliphatic heterocycles. The lowest BCUT2D eigenvalue weighted by Crippen LogP contribution is -2.17. The fraction of sp³-hybridized carbons (Fsp3) is 0.100. The lowest BCUT2D eigenvalue weighted by Gasteiger charge is -2.06. The molecule has 0 spiro atoms. The van der Waals surface area contributed by atoms with Gasteiger partial charge in [-0.3, -0.25) is 9.52 Å². The van der Waals surface area contributed by atoms with E-state index in [1.54, 1.807) is 12.3 Å². The van der Waals surface area contributed by atoms with E-state index in [1.807, 2.05) is 0 Å². The molecule has 19 heavy (non-hydrogen) atoms. The van der Waals surface area contributed by atoms with E-state index in [0.29, 0.717) is 4.88 Å². The molecule has 0 unspecified atom stereocenters. The summed E-state index contributed by atoms with van der Waals surface area (Å²) < 4.78 is 27.6. The highest BCUT2D eigenvalue weighted by atomic mass is 79.9. The van der Waals surface area contributed by atoms with Gasteiger partial charge in [0, 0.05) is 4.88 Å². The number of rotatable bonds is 4. The molecule has 2 aromatic heterocycles. The zero-order valence-electron chi connectivity index (χ0n) is 9.64. The highest BCUT2D eigenvalue weighted by Crippen LogP contribution is 2.32. The monoisotopic (exact) mass is 380 g/mol. The minimum atomic E-state index is -3.72. The number of hydrogen-bond donors (Lipinski definition) is 2. The summed E-state index contributed by atoms with van der Waals surface area (Å²) >= 11 is 5.69. The summed E-state index contributed by atoms with van der Waals surface area (Å²) in [5.41, 5.74) is 5.35. The predicted molar refractivity (Wildman–Crippen MR) is 80.4 cm³/mol. The van der Waals surface area contributed by atoms with Crippen LogP contribution in [-0.4, -0.2) is 14.3 Å². The Morgan fingerprint density at radius 3 is 2.68 bits per heavy atom. The number of nitrogens with one attached hydrogen (secondary N) is 1. The molecule has 2 heterocycles. The second-order valence-electron chi connectivity index (χ2n) is 3.60. The van der Waals surface area contributed by atoms with Crippen LogP contribution in [0.2, 0.25) is 0 Å². The second-order valence-corrected chi connectivity index (χ2v) is 8.81. The average molecular weight is 381 g/mol. The van der Waals surface area contributed by atoms with Crippen LogP contribution in [0.15, 0.2) is 26.2 Å².